The van der Waals surface area contributed by atoms with Crippen LogP contribution >= 0.6 is 11.8 Å². The molecule has 2 atom stereocenters. The average Bonchev–Trinajstić information content (AvgIpc) is 2.84. The molecule has 6 nitrogen and oxygen atoms in total. The number of rotatable bonds is 4. The van der Waals surface area contributed by atoms with Gasteiger partial charge in [0.25, 0.3) is 10.2 Å². The van der Waals surface area contributed by atoms with Crippen LogP contribution in [0.5, 0.6) is 0 Å². The van der Waals surface area contributed by atoms with Crippen molar-refractivity contribution in [2.75, 3.05) is 18.8 Å². The Balaban J connectivity index is 2.23. The minimum Gasteiger partial charge on any atom is -0.480 e. The molecule has 2 saturated heterocycles. The average molecular weight is 322 g/mol. The lowest BCUT2D eigenvalue weighted by molar-refractivity contribution is -0.140. The van der Waals surface area contributed by atoms with Crippen LogP contribution in [0.4, 0.5) is 0 Å². The first kappa shape index (κ1) is 16.1. The number of hydrogen-bond acceptors (Lipinski definition) is 4. The van der Waals surface area contributed by atoms with Crippen LogP contribution in [0.2, 0.25) is 0 Å². The summed E-state index contributed by atoms with van der Waals surface area (Å²) < 4.78 is 28.2. The lowest BCUT2D eigenvalue weighted by atomic mass is 10.0. The van der Waals surface area contributed by atoms with Crippen LogP contribution in [0, 0.1) is 5.92 Å². The monoisotopic (exact) mass is 322 g/mol. The Morgan fingerprint density at radius 2 is 1.95 bits per heavy atom. The van der Waals surface area contributed by atoms with Crippen molar-refractivity contribution in [1.82, 2.24) is 8.61 Å². The molecule has 0 aromatic rings. The third-order valence-electron chi connectivity index (χ3n) is 4.01. The van der Waals surface area contributed by atoms with Gasteiger partial charge in [0.05, 0.1) is 5.37 Å². The molecule has 0 amide bonds. The maximum Gasteiger partial charge on any atom is 0.322 e. The van der Waals surface area contributed by atoms with E-state index in [0.717, 1.165) is 12.8 Å². The highest BCUT2D eigenvalue weighted by Gasteiger charge is 2.47. The second-order valence-electron chi connectivity index (χ2n) is 5.47. The van der Waals surface area contributed by atoms with Crippen LogP contribution in [-0.2, 0) is 15.0 Å². The molecule has 2 unspecified atom stereocenters. The van der Waals surface area contributed by atoms with Gasteiger partial charge in [0.1, 0.15) is 6.04 Å². The van der Waals surface area contributed by atoms with Crippen LogP contribution in [-0.4, -0.2) is 58.4 Å². The fourth-order valence-electron chi connectivity index (χ4n) is 2.69. The summed E-state index contributed by atoms with van der Waals surface area (Å²) in [4.78, 5) is 11.3. The molecule has 0 aromatic heterocycles. The maximum absolute atomic E-state index is 12.8. The topological polar surface area (TPSA) is 77.9 Å². The van der Waals surface area contributed by atoms with Gasteiger partial charge in [-0.3, -0.25) is 4.79 Å². The molecule has 2 fully saturated rings. The molecule has 1 N–H and O–H groups in total. The molecule has 2 aliphatic rings. The van der Waals surface area contributed by atoms with Gasteiger partial charge >= 0.3 is 5.97 Å². The highest BCUT2D eigenvalue weighted by atomic mass is 32.2. The summed E-state index contributed by atoms with van der Waals surface area (Å²) in [5.41, 5.74) is 0. The summed E-state index contributed by atoms with van der Waals surface area (Å²) in [5, 5.41) is 9.00. The Bertz CT molecular complexity index is 460. The van der Waals surface area contributed by atoms with Crippen molar-refractivity contribution in [1.29, 1.82) is 0 Å². The first-order chi connectivity index (χ1) is 9.37. The zero-order valence-corrected chi connectivity index (χ0v) is 13.5. The molecule has 2 heterocycles. The third kappa shape index (κ3) is 2.98. The SMILES string of the molecule is CCC1SCC(C(=O)O)N1S(=O)(=O)N1CCC(C)CC1. The molecule has 0 aliphatic carbocycles. The predicted molar refractivity (Wildman–Crippen MR) is 78.7 cm³/mol. The second-order valence-corrected chi connectivity index (χ2v) is 8.51. The number of nitrogens with zero attached hydrogens (tertiary/aromatic N) is 2. The van der Waals surface area contributed by atoms with E-state index in [9.17, 15) is 18.3 Å². The van der Waals surface area contributed by atoms with Gasteiger partial charge in [-0.05, 0) is 25.2 Å². The van der Waals surface area contributed by atoms with Crippen molar-refractivity contribution in [3.8, 4) is 0 Å². The minimum atomic E-state index is -3.68. The molecule has 116 valence electrons. The Morgan fingerprint density at radius 1 is 1.35 bits per heavy atom. The van der Waals surface area contributed by atoms with E-state index in [2.05, 4.69) is 6.92 Å². The van der Waals surface area contributed by atoms with Crippen molar-refractivity contribution >= 4 is 27.9 Å². The molecule has 2 aliphatic heterocycles. The Labute approximate surface area is 124 Å². The number of carbonyl (C=O) groups is 1. The molecule has 20 heavy (non-hydrogen) atoms. The summed E-state index contributed by atoms with van der Waals surface area (Å²) in [5.74, 6) is -0.189. The Kier molecular flexibility index (Phi) is 4.99. The molecule has 0 saturated carbocycles. The smallest absolute Gasteiger partial charge is 0.322 e. The summed E-state index contributed by atoms with van der Waals surface area (Å²) in [6.07, 6.45) is 2.31. The van der Waals surface area contributed by atoms with Crippen molar-refractivity contribution in [3.63, 3.8) is 0 Å². The van der Waals surface area contributed by atoms with Crippen molar-refractivity contribution < 1.29 is 18.3 Å². The molecule has 2 rings (SSSR count). The zero-order chi connectivity index (χ0) is 14.9. The largest absolute Gasteiger partial charge is 0.480 e. The normalized spacial score (nSPS) is 30.7. The number of piperidine rings is 1. The van der Waals surface area contributed by atoms with E-state index in [4.69, 9.17) is 0 Å². The maximum atomic E-state index is 12.8. The van der Waals surface area contributed by atoms with E-state index in [-0.39, 0.29) is 5.37 Å². The fourth-order valence-corrected chi connectivity index (χ4v) is 6.40. The van der Waals surface area contributed by atoms with Crippen molar-refractivity contribution in [2.45, 2.75) is 44.5 Å². The molecule has 0 bridgehead atoms. The van der Waals surface area contributed by atoms with E-state index >= 15 is 0 Å². The van der Waals surface area contributed by atoms with Crippen LogP contribution < -0.4 is 0 Å². The Morgan fingerprint density at radius 3 is 2.45 bits per heavy atom. The molecule has 0 spiro atoms. The van der Waals surface area contributed by atoms with E-state index in [1.807, 2.05) is 6.92 Å². The highest BCUT2D eigenvalue weighted by molar-refractivity contribution is 8.01. The molecule has 0 aromatic carbocycles. The van der Waals surface area contributed by atoms with Crippen LogP contribution in [0.1, 0.15) is 33.1 Å². The van der Waals surface area contributed by atoms with Gasteiger partial charge in [-0.15, -0.1) is 11.8 Å². The number of aliphatic carboxylic acids is 1. The lowest BCUT2D eigenvalue weighted by Gasteiger charge is -2.35. The van der Waals surface area contributed by atoms with Gasteiger partial charge < -0.3 is 5.11 Å². The quantitative estimate of drug-likeness (QED) is 0.841. The predicted octanol–water partition coefficient (Wildman–Crippen LogP) is 1.20. The highest BCUT2D eigenvalue weighted by Crippen LogP contribution is 2.35. The minimum absolute atomic E-state index is 0.263. The summed E-state index contributed by atoms with van der Waals surface area (Å²) in [7, 11) is -3.68. The number of hydrogen-bond donors (Lipinski definition) is 1. The summed E-state index contributed by atoms with van der Waals surface area (Å²) >= 11 is 1.42. The number of thioether (sulfide) groups is 1. The van der Waals surface area contributed by atoms with Crippen molar-refractivity contribution in [2.24, 2.45) is 5.92 Å². The first-order valence-corrected chi connectivity index (χ1v) is 9.45. The molecule has 8 heteroatoms. The number of carboxylic acid groups (broad SMARTS) is 1. The first-order valence-electron chi connectivity index (χ1n) is 7.01. The van der Waals surface area contributed by atoms with E-state index in [1.165, 1.54) is 20.4 Å². The third-order valence-corrected chi connectivity index (χ3v) is 7.65. The Hall–Kier alpha value is -0.310. The molecular weight excluding hydrogens is 300 g/mol. The van der Waals surface area contributed by atoms with Crippen LogP contribution in [0.15, 0.2) is 0 Å². The van der Waals surface area contributed by atoms with Gasteiger partial charge in [0.15, 0.2) is 0 Å². The number of carboxylic acids is 1. The van der Waals surface area contributed by atoms with E-state index in [0.29, 0.717) is 31.2 Å². The molecule has 0 radical (unpaired) electrons. The lowest BCUT2D eigenvalue weighted by Crippen LogP contribution is -2.53. The van der Waals surface area contributed by atoms with Gasteiger partial charge in [-0.2, -0.15) is 17.0 Å². The van der Waals surface area contributed by atoms with Gasteiger partial charge in [0.2, 0.25) is 0 Å². The summed E-state index contributed by atoms with van der Waals surface area (Å²) in [6.45, 7) is 4.99. The van der Waals surface area contributed by atoms with E-state index < -0.39 is 22.2 Å². The zero-order valence-electron chi connectivity index (χ0n) is 11.9. The van der Waals surface area contributed by atoms with Crippen molar-refractivity contribution in [3.05, 3.63) is 0 Å². The standard InChI is InChI=1S/C12H22N2O4S2/c1-3-11-14(10(8-19-11)12(15)16)20(17,18)13-6-4-9(2)5-7-13/h9-11H,3-8H2,1-2H3,(H,15,16). The fraction of sp³-hybridized carbons (Fsp3) is 0.917. The van der Waals surface area contributed by atoms with Gasteiger partial charge in [0, 0.05) is 18.8 Å². The molecular formula is C12H22N2O4S2. The van der Waals surface area contributed by atoms with Gasteiger partial charge in [-0.1, -0.05) is 13.8 Å². The van der Waals surface area contributed by atoms with Crippen LogP contribution in [0.25, 0.3) is 0 Å². The second kappa shape index (κ2) is 6.21. The summed E-state index contributed by atoms with van der Waals surface area (Å²) in [6, 6.07) is -0.936. The van der Waals surface area contributed by atoms with Gasteiger partial charge in [-0.25, -0.2) is 0 Å². The van der Waals surface area contributed by atoms with E-state index in [1.54, 1.807) is 0 Å². The van der Waals surface area contributed by atoms with Crippen LogP contribution in [0.3, 0.4) is 0 Å².